The van der Waals surface area contributed by atoms with E-state index in [1.165, 1.54) is 34.0 Å². The Hall–Kier alpha value is -2.70. The minimum atomic E-state index is 0.0932. The fourth-order valence-electron chi connectivity index (χ4n) is 5.67. The number of thioether (sulfide) groups is 1. The first-order valence-corrected chi connectivity index (χ1v) is 12.8. The van der Waals surface area contributed by atoms with Crippen molar-refractivity contribution in [3.63, 3.8) is 0 Å². The average molecular weight is 473 g/mol. The van der Waals surface area contributed by atoms with E-state index in [1.54, 1.807) is 6.07 Å². The van der Waals surface area contributed by atoms with Crippen LogP contribution >= 0.6 is 24.0 Å². The number of ketones is 1. The van der Waals surface area contributed by atoms with E-state index in [2.05, 4.69) is 47.4 Å². The lowest BCUT2D eigenvalue weighted by Gasteiger charge is -2.43. The van der Waals surface area contributed by atoms with Crippen molar-refractivity contribution < 1.29 is 4.79 Å². The first-order chi connectivity index (χ1) is 16.1. The van der Waals surface area contributed by atoms with Crippen LogP contribution in [0.1, 0.15) is 39.5 Å². The maximum Gasteiger partial charge on any atom is 0.250 e. The average Bonchev–Trinajstić information content (AvgIpc) is 3.21. The van der Waals surface area contributed by atoms with Crippen molar-refractivity contribution in [3.05, 3.63) is 93.4 Å². The molecule has 1 fully saturated rings. The lowest BCUT2D eigenvalue weighted by atomic mass is 9.83. The van der Waals surface area contributed by atoms with Crippen LogP contribution in [0.25, 0.3) is 11.1 Å². The van der Waals surface area contributed by atoms with Crippen LogP contribution in [0.2, 0.25) is 0 Å². The Kier molecular flexibility index (Phi) is 5.23. The molecular formula is C27H24N2O2S2. The molecule has 2 unspecified atom stereocenters. The van der Waals surface area contributed by atoms with Gasteiger partial charge in [0.05, 0.1) is 5.75 Å². The Morgan fingerprint density at radius 2 is 1.82 bits per heavy atom. The number of piperidine rings is 1. The molecule has 0 spiro atoms. The van der Waals surface area contributed by atoms with Crippen LogP contribution in [-0.4, -0.2) is 38.4 Å². The minimum Gasteiger partial charge on any atom is -0.356 e. The van der Waals surface area contributed by atoms with Gasteiger partial charge in [0, 0.05) is 42.9 Å². The zero-order chi connectivity index (χ0) is 22.5. The summed E-state index contributed by atoms with van der Waals surface area (Å²) in [5.74, 6) is 1.21. The summed E-state index contributed by atoms with van der Waals surface area (Å²) in [6, 6.07) is 20.1. The molecule has 4 nitrogen and oxygen atoms in total. The number of carbonyl (C=O) groups is 1. The van der Waals surface area contributed by atoms with Crippen molar-refractivity contribution in [2.45, 2.75) is 25.3 Å². The molecule has 3 aromatic rings. The van der Waals surface area contributed by atoms with Crippen molar-refractivity contribution in [2.75, 3.05) is 18.8 Å². The molecule has 1 saturated heterocycles. The summed E-state index contributed by atoms with van der Waals surface area (Å²) in [5.41, 5.74) is 7.05. The van der Waals surface area contributed by atoms with Crippen molar-refractivity contribution in [1.82, 2.24) is 9.47 Å². The number of fused-ring (bicyclic) bond motifs is 7. The molecule has 2 bridgehead atoms. The van der Waals surface area contributed by atoms with Gasteiger partial charge < -0.3 is 9.47 Å². The van der Waals surface area contributed by atoms with E-state index in [-0.39, 0.29) is 11.3 Å². The van der Waals surface area contributed by atoms with Crippen LogP contribution in [0.4, 0.5) is 0 Å². The van der Waals surface area contributed by atoms with Crippen LogP contribution in [0.15, 0.2) is 65.5 Å². The second-order valence-electron chi connectivity index (χ2n) is 9.29. The number of pyridine rings is 1. The van der Waals surface area contributed by atoms with Crippen LogP contribution in [0, 0.1) is 5.92 Å². The Balaban J connectivity index is 1.11. The van der Waals surface area contributed by atoms with Gasteiger partial charge in [0.25, 0.3) is 5.56 Å². The predicted octanol–water partition coefficient (Wildman–Crippen LogP) is 4.74. The second kappa shape index (κ2) is 8.26. The molecule has 1 aliphatic carbocycles. The summed E-state index contributed by atoms with van der Waals surface area (Å²) in [6.45, 7) is 2.43. The molecule has 33 heavy (non-hydrogen) atoms. The lowest BCUT2D eigenvalue weighted by molar-refractivity contribution is 0.102. The molecule has 3 aliphatic rings. The van der Waals surface area contributed by atoms with Gasteiger partial charge in [0.2, 0.25) is 0 Å². The van der Waals surface area contributed by atoms with Gasteiger partial charge in [-0.2, -0.15) is 0 Å². The molecule has 6 rings (SSSR count). The molecule has 166 valence electrons. The third-order valence-electron chi connectivity index (χ3n) is 7.18. The molecule has 0 amide bonds. The van der Waals surface area contributed by atoms with E-state index in [1.807, 2.05) is 16.7 Å². The maximum atomic E-state index is 13.0. The number of carbonyl (C=O) groups excluding carboxylic acids is 1. The normalized spacial score (nSPS) is 20.1. The molecule has 0 radical (unpaired) electrons. The summed E-state index contributed by atoms with van der Waals surface area (Å²) >= 11 is 7.21. The SMILES string of the molecule is O=C(CSC(=S)N1CC2CC(C1)c1cccc(=O)n1C2)c1ccc2c(c1)Cc1ccccc1-2. The molecule has 1 aromatic heterocycles. The zero-order valence-electron chi connectivity index (χ0n) is 18.2. The smallest absolute Gasteiger partial charge is 0.250 e. The van der Waals surface area contributed by atoms with Crippen LogP contribution < -0.4 is 5.56 Å². The molecule has 2 aliphatic heterocycles. The Morgan fingerprint density at radius 3 is 2.73 bits per heavy atom. The summed E-state index contributed by atoms with van der Waals surface area (Å²) in [5, 5.41) is 0. The van der Waals surface area contributed by atoms with Gasteiger partial charge in [-0.15, -0.1) is 0 Å². The van der Waals surface area contributed by atoms with Crippen LogP contribution in [0.3, 0.4) is 0 Å². The summed E-state index contributed by atoms with van der Waals surface area (Å²) in [6.07, 6.45) is 1.99. The van der Waals surface area contributed by atoms with Crippen LogP contribution in [0.5, 0.6) is 0 Å². The van der Waals surface area contributed by atoms with Gasteiger partial charge in [-0.05, 0) is 53.1 Å². The van der Waals surface area contributed by atoms with Crippen LogP contribution in [-0.2, 0) is 13.0 Å². The molecule has 0 saturated carbocycles. The second-order valence-corrected chi connectivity index (χ2v) is 10.9. The fraction of sp³-hybridized carbons (Fsp3) is 0.296. The van der Waals surface area contributed by atoms with Gasteiger partial charge in [-0.25, -0.2) is 0 Å². The Bertz CT molecular complexity index is 1350. The van der Waals surface area contributed by atoms with Gasteiger partial charge in [0.1, 0.15) is 4.32 Å². The lowest BCUT2D eigenvalue weighted by Crippen LogP contribution is -2.48. The number of hydrogen-bond donors (Lipinski definition) is 0. The number of nitrogens with zero attached hydrogens (tertiary/aromatic N) is 2. The third-order valence-corrected chi connectivity index (χ3v) is 8.70. The van der Waals surface area contributed by atoms with Crippen molar-refractivity contribution in [3.8, 4) is 11.1 Å². The van der Waals surface area contributed by atoms with E-state index in [0.717, 1.165) is 48.1 Å². The molecule has 6 heteroatoms. The number of benzene rings is 2. The summed E-state index contributed by atoms with van der Waals surface area (Å²) in [7, 11) is 0. The number of aromatic nitrogens is 1. The van der Waals surface area contributed by atoms with Gasteiger partial charge in [-0.3, -0.25) is 9.59 Å². The maximum absolute atomic E-state index is 13.0. The Morgan fingerprint density at radius 1 is 0.970 bits per heavy atom. The highest BCUT2D eigenvalue weighted by Crippen LogP contribution is 2.38. The standard InChI is InChI=1S/C27H24N2O2S2/c30-25(19-8-9-23-20(12-19)11-18-4-1-2-5-22(18)23)16-33-27(32)28-13-17-10-21(15-28)24-6-3-7-26(31)29(24)14-17/h1-9,12,17,21H,10-11,13-16H2. The zero-order valence-corrected chi connectivity index (χ0v) is 19.8. The number of likely N-dealkylation sites (tertiary alicyclic amines) is 1. The van der Waals surface area contributed by atoms with Gasteiger partial charge in [-0.1, -0.05) is 66.4 Å². The molecule has 3 heterocycles. The van der Waals surface area contributed by atoms with E-state index >= 15 is 0 Å². The minimum absolute atomic E-state index is 0.0932. The van der Waals surface area contributed by atoms with Crippen molar-refractivity contribution in [2.24, 2.45) is 5.92 Å². The van der Waals surface area contributed by atoms with E-state index in [4.69, 9.17) is 12.2 Å². The highest BCUT2D eigenvalue weighted by Gasteiger charge is 2.35. The molecule has 2 atom stereocenters. The monoisotopic (exact) mass is 472 g/mol. The highest BCUT2D eigenvalue weighted by atomic mass is 32.2. The highest BCUT2D eigenvalue weighted by molar-refractivity contribution is 8.23. The molecular weight excluding hydrogens is 448 g/mol. The first kappa shape index (κ1) is 20.9. The van der Waals surface area contributed by atoms with E-state index in [0.29, 0.717) is 17.6 Å². The van der Waals surface area contributed by atoms with Crippen molar-refractivity contribution in [1.29, 1.82) is 0 Å². The van der Waals surface area contributed by atoms with Gasteiger partial charge in [0.15, 0.2) is 5.78 Å². The van der Waals surface area contributed by atoms with Gasteiger partial charge >= 0.3 is 0 Å². The summed E-state index contributed by atoms with van der Waals surface area (Å²) in [4.78, 5) is 27.4. The van der Waals surface area contributed by atoms with E-state index in [9.17, 15) is 9.59 Å². The third kappa shape index (κ3) is 3.75. The number of rotatable bonds is 3. The number of thiocarbonyl (C=S) groups is 1. The Labute approximate surface area is 202 Å². The first-order valence-electron chi connectivity index (χ1n) is 11.4. The topological polar surface area (TPSA) is 42.3 Å². The van der Waals surface area contributed by atoms with E-state index < -0.39 is 0 Å². The number of hydrogen-bond acceptors (Lipinski definition) is 4. The van der Waals surface area contributed by atoms with Crippen molar-refractivity contribution >= 4 is 34.1 Å². The fourth-order valence-corrected chi connectivity index (χ4v) is 6.74. The summed E-state index contributed by atoms with van der Waals surface area (Å²) < 4.78 is 2.72. The molecule has 0 N–H and O–H groups in total. The molecule has 2 aromatic carbocycles. The largest absolute Gasteiger partial charge is 0.356 e. The quantitative estimate of drug-likeness (QED) is 0.318. The predicted molar refractivity (Wildman–Crippen MR) is 137 cm³/mol. The number of Topliss-reactive ketones (excluding diaryl/α,β-unsaturated/α-hetero) is 1.